The van der Waals surface area contributed by atoms with Crippen LogP contribution >= 0.6 is 0 Å². The highest BCUT2D eigenvalue weighted by molar-refractivity contribution is 5.83. The second-order valence-corrected chi connectivity index (χ2v) is 8.50. The van der Waals surface area contributed by atoms with Crippen LogP contribution in [0.15, 0.2) is 59.7 Å². The predicted molar refractivity (Wildman–Crippen MR) is 117 cm³/mol. The number of pyridine rings is 1. The highest BCUT2D eigenvalue weighted by Gasteiger charge is 2.43. The number of benzene rings is 2. The summed E-state index contributed by atoms with van der Waals surface area (Å²) < 4.78 is 49.0. The first kappa shape index (κ1) is 19.3. The van der Waals surface area contributed by atoms with Gasteiger partial charge in [0.15, 0.2) is 28.4 Å². The van der Waals surface area contributed by atoms with Crippen molar-refractivity contribution in [1.82, 2.24) is 9.38 Å². The van der Waals surface area contributed by atoms with Gasteiger partial charge in [-0.15, -0.1) is 8.78 Å². The summed E-state index contributed by atoms with van der Waals surface area (Å²) in [5.41, 5.74) is 2.82. The Morgan fingerprint density at radius 2 is 1.65 bits per heavy atom. The average molecular weight is 462 g/mol. The summed E-state index contributed by atoms with van der Waals surface area (Å²) in [5.74, 6) is 1.31. The van der Waals surface area contributed by atoms with Crippen LogP contribution in [0, 0.1) is 0 Å². The Bertz CT molecular complexity index is 1560. The summed E-state index contributed by atoms with van der Waals surface area (Å²) in [4.78, 5) is 18.6. The Hall–Kier alpha value is -4.14. The molecule has 2 aliphatic heterocycles. The topological polar surface area (TPSA) is 71.3 Å². The Balaban J connectivity index is 1.47. The average Bonchev–Trinajstić information content (AvgIpc) is 3.47. The van der Waals surface area contributed by atoms with Crippen LogP contribution < -0.4 is 24.4 Å². The highest BCUT2D eigenvalue weighted by Crippen LogP contribution is 2.44. The molecule has 1 aliphatic carbocycles. The van der Waals surface area contributed by atoms with E-state index in [1.807, 2.05) is 12.3 Å². The number of hydrogen-bond donors (Lipinski definition) is 0. The number of halogens is 2. The van der Waals surface area contributed by atoms with Crippen LogP contribution in [0.1, 0.15) is 24.5 Å². The van der Waals surface area contributed by atoms with Gasteiger partial charge in [-0.2, -0.15) is 0 Å². The summed E-state index contributed by atoms with van der Waals surface area (Å²) in [6, 6.07) is 11.6. The Morgan fingerprint density at radius 1 is 0.912 bits per heavy atom. The number of alkyl halides is 2. The van der Waals surface area contributed by atoms with E-state index >= 15 is 0 Å². The van der Waals surface area contributed by atoms with E-state index < -0.39 is 6.29 Å². The number of fused-ring (bicyclic) bond motifs is 3. The van der Waals surface area contributed by atoms with Gasteiger partial charge in [0.05, 0.1) is 5.56 Å². The molecule has 0 N–H and O–H groups in total. The SMILES string of the molecule is O=c1c(-c2ccc3c(c2)OCO3)cn2ccc(C3CC3)nc2c1-c1ccc2c(c1)OC(F)(F)O2. The van der Waals surface area contributed by atoms with E-state index in [0.717, 1.165) is 18.5 Å². The fraction of sp³-hybridized carbons (Fsp3) is 0.200. The van der Waals surface area contributed by atoms with Gasteiger partial charge < -0.3 is 23.3 Å². The van der Waals surface area contributed by atoms with Crippen LogP contribution in [0.2, 0.25) is 0 Å². The third-order valence-corrected chi connectivity index (χ3v) is 6.22. The zero-order valence-corrected chi connectivity index (χ0v) is 17.6. The molecule has 7 nitrogen and oxygen atoms in total. The lowest BCUT2D eigenvalue weighted by molar-refractivity contribution is -0.286. The monoisotopic (exact) mass is 462 g/mol. The van der Waals surface area contributed by atoms with Crippen molar-refractivity contribution in [2.45, 2.75) is 25.1 Å². The van der Waals surface area contributed by atoms with E-state index in [1.54, 1.807) is 34.9 Å². The normalized spacial score (nSPS) is 17.4. The van der Waals surface area contributed by atoms with Crippen LogP contribution in [0.3, 0.4) is 0 Å². The van der Waals surface area contributed by atoms with E-state index in [0.29, 0.717) is 45.3 Å². The van der Waals surface area contributed by atoms with Gasteiger partial charge in [0.2, 0.25) is 6.79 Å². The molecule has 34 heavy (non-hydrogen) atoms. The lowest BCUT2D eigenvalue weighted by Gasteiger charge is -2.13. The minimum absolute atomic E-state index is 0.0864. The smallest absolute Gasteiger partial charge is 0.454 e. The molecule has 1 fully saturated rings. The van der Waals surface area contributed by atoms with Crippen LogP contribution in [0.5, 0.6) is 23.0 Å². The summed E-state index contributed by atoms with van der Waals surface area (Å²) in [6.45, 7) is 0.121. The Labute approximate surface area is 191 Å². The predicted octanol–water partition coefficient (Wildman–Crippen LogP) is 4.96. The minimum atomic E-state index is -3.75. The zero-order valence-electron chi connectivity index (χ0n) is 17.6. The van der Waals surface area contributed by atoms with Crippen molar-refractivity contribution in [2.75, 3.05) is 6.79 Å². The molecule has 0 bridgehead atoms. The van der Waals surface area contributed by atoms with Crippen molar-refractivity contribution in [3.05, 3.63) is 70.8 Å². The van der Waals surface area contributed by atoms with Gasteiger partial charge in [0, 0.05) is 29.6 Å². The Morgan fingerprint density at radius 3 is 2.50 bits per heavy atom. The number of rotatable bonds is 3. The van der Waals surface area contributed by atoms with Gasteiger partial charge in [-0.25, -0.2) is 4.98 Å². The zero-order chi connectivity index (χ0) is 23.0. The van der Waals surface area contributed by atoms with Crippen molar-refractivity contribution in [1.29, 1.82) is 0 Å². The maximum absolute atomic E-state index is 13.9. The van der Waals surface area contributed by atoms with E-state index in [9.17, 15) is 13.6 Å². The van der Waals surface area contributed by atoms with Crippen LogP contribution in [-0.4, -0.2) is 22.5 Å². The van der Waals surface area contributed by atoms with Crippen LogP contribution in [-0.2, 0) is 0 Å². The fourth-order valence-electron chi connectivity index (χ4n) is 4.41. The van der Waals surface area contributed by atoms with E-state index in [1.165, 1.54) is 12.1 Å². The van der Waals surface area contributed by atoms with E-state index in [4.69, 9.17) is 14.5 Å². The molecule has 1 saturated carbocycles. The number of nitrogens with zero attached hydrogens (tertiary/aromatic N) is 2. The largest absolute Gasteiger partial charge is 0.586 e. The van der Waals surface area contributed by atoms with Crippen molar-refractivity contribution >= 4 is 5.65 Å². The first-order valence-electron chi connectivity index (χ1n) is 10.8. The van der Waals surface area contributed by atoms with Crippen LogP contribution in [0.4, 0.5) is 8.78 Å². The molecule has 0 atom stereocenters. The first-order valence-corrected chi connectivity index (χ1v) is 10.8. The molecule has 170 valence electrons. The molecule has 0 saturated heterocycles. The maximum Gasteiger partial charge on any atom is 0.586 e. The molecule has 0 unspecified atom stereocenters. The highest BCUT2D eigenvalue weighted by atomic mass is 19.3. The molecule has 4 heterocycles. The lowest BCUT2D eigenvalue weighted by Crippen LogP contribution is -2.25. The van der Waals surface area contributed by atoms with Crippen LogP contribution in [0.25, 0.3) is 27.9 Å². The Kier molecular flexibility index (Phi) is 3.81. The molecular formula is C25H16F2N2O5. The lowest BCUT2D eigenvalue weighted by atomic mass is 9.99. The molecule has 9 heteroatoms. The standard InChI is InChI=1S/C25H16F2N2O5/c26-25(27)33-19-6-4-15(10-21(19)34-25)22-23(30)16(14-3-5-18-20(9-14)32-12-31-18)11-29-8-7-17(13-1-2-13)28-24(22)29/h3-11,13H,1-2,12H2. The van der Waals surface area contributed by atoms with Gasteiger partial charge in [-0.05, 0) is 54.3 Å². The molecule has 0 amide bonds. The fourth-order valence-corrected chi connectivity index (χ4v) is 4.41. The number of ether oxygens (including phenoxy) is 4. The summed E-state index contributed by atoms with van der Waals surface area (Å²) in [5, 5.41) is 0. The third kappa shape index (κ3) is 3.00. The van der Waals surface area contributed by atoms with Crippen molar-refractivity contribution < 1.29 is 27.7 Å². The minimum Gasteiger partial charge on any atom is -0.454 e. The van der Waals surface area contributed by atoms with Gasteiger partial charge >= 0.3 is 6.29 Å². The summed E-state index contributed by atoms with van der Waals surface area (Å²) in [6.07, 6.45) is 1.96. The van der Waals surface area contributed by atoms with Crippen molar-refractivity contribution in [3.63, 3.8) is 0 Å². The second-order valence-electron chi connectivity index (χ2n) is 8.50. The number of hydrogen-bond acceptors (Lipinski definition) is 6. The van der Waals surface area contributed by atoms with Crippen molar-refractivity contribution in [2.24, 2.45) is 0 Å². The summed E-state index contributed by atoms with van der Waals surface area (Å²) in [7, 11) is 0. The first-order chi connectivity index (χ1) is 16.4. The summed E-state index contributed by atoms with van der Waals surface area (Å²) >= 11 is 0. The number of aromatic nitrogens is 2. The quantitative estimate of drug-likeness (QED) is 0.429. The molecule has 4 aromatic rings. The van der Waals surface area contributed by atoms with E-state index in [-0.39, 0.29) is 23.7 Å². The van der Waals surface area contributed by atoms with Gasteiger partial charge in [0.1, 0.15) is 5.65 Å². The molecule has 3 aliphatic rings. The third-order valence-electron chi connectivity index (χ3n) is 6.22. The van der Waals surface area contributed by atoms with Gasteiger partial charge in [-0.1, -0.05) is 12.1 Å². The van der Waals surface area contributed by atoms with Gasteiger partial charge in [-0.3, -0.25) is 4.79 Å². The molecule has 0 radical (unpaired) electrons. The van der Waals surface area contributed by atoms with Crippen molar-refractivity contribution in [3.8, 4) is 45.3 Å². The van der Waals surface area contributed by atoms with E-state index in [2.05, 4.69) is 9.47 Å². The molecular weight excluding hydrogens is 446 g/mol. The second kappa shape index (κ2) is 6.69. The van der Waals surface area contributed by atoms with Gasteiger partial charge in [0.25, 0.3) is 0 Å². The molecule has 2 aromatic carbocycles. The molecule has 0 spiro atoms. The maximum atomic E-state index is 13.9. The molecule has 2 aromatic heterocycles. The molecule has 7 rings (SSSR count).